The third-order valence-corrected chi connectivity index (χ3v) is 4.98. The lowest BCUT2D eigenvalue weighted by atomic mass is 10.1. The highest BCUT2D eigenvalue weighted by Crippen LogP contribution is 2.33. The Morgan fingerprint density at radius 3 is 2.52 bits per heavy atom. The van der Waals surface area contributed by atoms with Gasteiger partial charge in [0, 0.05) is 12.0 Å². The molecular weight excluding hydrogens is 358 g/mol. The minimum atomic E-state index is -0.0405. The first-order valence-electron chi connectivity index (χ1n) is 8.60. The van der Waals surface area contributed by atoms with Crippen molar-refractivity contribution in [3.8, 4) is 22.2 Å². The molecule has 0 atom stereocenters. The molecule has 0 bridgehead atoms. The lowest BCUT2D eigenvalue weighted by Crippen LogP contribution is -2.12. The number of hydrogen-bond acceptors (Lipinski definition) is 5. The number of amides is 1. The quantitative estimate of drug-likeness (QED) is 0.513. The summed E-state index contributed by atoms with van der Waals surface area (Å²) in [5.41, 5.74) is 2.72. The number of carbonyl (C=O) groups is 1. The highest BCUT2D eigenvalue weighted by atomic mass is 32.1. The van der Waals surface area contributed by atoms with Crippen LogP contribution in [0.25, 0.3) is 22.2 Å². The first kappa shape index (κ1) is 17.2. The van der Waals surface area contributed by atoms with Crippen molar-refractivity contribution in [2.45, 2.75) is 12.8 Å². The summed E-state index contributed by atoms with van der Waals surface area (Å²) in [5, 5.41) is 8.90. The summed E-state index contributed by atoms with van der Waals surface area (Å²) < 4.78 is 5.41. The maximum Gasteiger partial charge on any atom is 0.270 e. The van der Waals surface area contributed by atoms with Crippen LogP contribution in [0, 0.1) is 0 Å². The molecule has 0 saturated carbocycles. The molecule has 0 aliphatic rings. The second-order valence-electron chi connectivity index (χ2n) is 5.99. The van der Waals surface area contributed by atoms with Crippen molar-refractivity contribution in [2.24, 2.45) is 0 Å². The molecule has 0 fully saturated rings. The molecule has 0 unspecified atom stereocenters. The Bertz CT molecular complexity index is 1030. The maximum atomic E-state index is 12.3. The van der Waals surface area contributed by atoms with Crippen LogP contribution >= 0.6 is 11.3 Å². The number of aromatic nitrogens is 2. The minimum absolute atomic E-state index is 0.0405. The number of nitrogens with zero attached hydrogens (tertiary/aromatic N) is 2. The average molecular weight is 375 g/mol. The molecule has 1 amide bonds. The Labute approximate surface area is 160 Å². The number of aryl methyl sites for hydroxylation is 1. The van der Waals surface area contributed by atoms with Crippen molar-refractivity contribution < 1.29 is 9.32 Å². The summed E-state index contributed by atoms with van der Waals surface area (Å²) in [6.45, 7) is 0. The van der Waals surface area contributed by atoms with E-state index in [1.165, 1.54) is 11.3 Å². The van der Waals surface area contributed by atoms with Gasteiger partial charge in [0.2, 0.25) is 11.7 Å². The zero-order valence-corrected chi connectivity index (χ0v) is 15.3. The molecule has 0 aliphatic heterocycles. The second kappa shape index (κ2) is 7.97. The molecular formula is C21H17N3O2S. The maximum absolute atomic E-state index is 12.3. The number of benzene rings is 2. The number of rotatable bonds is 6. The molecule has 0 saturated heterocycles. The third-order valence-electron chi connectivity index (χ3n) is 4.08. The van der Waals surface area contributed by atoms with Crippen LogP contribution in [0.5, 0.6) is 0 Å². The average Bonchev–Trinajstić information content (AvgIpc) is 3.37. The van der Waals surface area contributed by atoms with Gasteiger partial charge in [-0.25, -0.2) is 0 Å². The zero-order chi connectivity index (χ0) is 18.5. The Morgan fingerprint density at radius 1 is 1.00 bits per heavy atom. The molecule has 27 heavy (non-hydrogen) atoms. The van der Waals surface area contributed by atoms with Gasteiger partial charge in [-0.2, -0.15) is 4.98 Å². The summed E-state index contributed by atoms with van der Waals surface area (Å²) in [7, 11) is 0. The molecule has 2 aromatic carbocycles. The van der Waals surface area contributed by atoms with Crippen LogP contribution in [0.1, 0.15) is 12.0 Å². The van der Waals surface area contributed by atoms with E-state index in [1.807, 2.05) is 72.1 Å². The predicted molar refractivity (Wildman–Crippen MR) is 106 cm³/mol. The number of thiophene rings is 1. The van der Waals surface area contributed by atoms with E-state index in [2.05, 4.69) is 15.5 Å². The summed E-state index contributed by atoms with van der Waals surface area (Å²) >= 11 is 1.46. The molecule has 4 aromatic rings. The Balaban J connectivity index is 1.45. The Kier molecular flexibility index (Phi) is 5.07. The molecule has 5 nitrogen and oxygen atoms in total. The van der Waals surface area contributed by atoms with Gasteiger partial charge in [0.05, 0.1) is 5.69 Å². The zero-order valence-electron chi connectivity index (χ0n) is 14.5. The van der Waals surface area contributed by atoms with Crippen molar-refractivity contribution in [1.29, 1.82) is 0 Å². The summed E-state index contributed by atoms with van der Waals surface area (Å²) in [5.74, 6) is 0.892. The van der Waals surface area contributed by atoms with Gasteiger partial charge in [-0.1, -0.05) is 65.8 Å². The lowest BCUT2D eigenvalue weighted by molar-refractivity contribution is -0.116. The number of nitrogens with one attached hydrogen (secondary N) is 1. The Hall–Kier alpha value is -3.25. The highest BCUT2D eigenvalue weighted by molar-refractivity contribution is 7.14. The van der Waals surface area contributed by atoms with Crippen molar-refractivity contribution in [2.75, 3.05) is 5.32 Å². The fourth-order valence-electron chi connectivity index (χ4n) is 2.71. The van der Waals surface area contributed by atoms with E-state index in [0.717, 1.165) is 16.0 Å². The van der Waals surface area contributed by atoms with Crippen molar-refractivity contribution in [1.82, 2.24) is 10.1 Å². The van der Waals surface area contributed by atoms with Crippen molar-refractivity contribution in [3.05, 3.63) is 77.7 Å². The lowest BCUT2D eigenvalue weighted by Gasteiger charge is -2.05. The molecule has 2 aromatic heterocycles. The van der Waals surface area contributed by atoms with Gasteiger partial charge >= 0.3 is 0 Å². The summed E-state index contributed by atoms with van der Waals surface area (Å²) in [4.78, 5) is 17.5. The molecule has 0 radical (unpaired) electrons. The van der Waals surface area contributed by atoms with Crippen LogP contribution in [0.3, 0.4) is 0 Å². The standard InChI is InChI=1S/C21H17N3O2S/c25-18(12-11-15-7-3-1-4-8-15)22-17-13-14-27-19(17)21-23-20(24-26-21)16-9-5-2-6-10-16/h1-10,13-14H,11-12H2,(H,22,25). The first-order valence-corrected chi connectivity index (χ1v) is 9.48. The smallest absolute Gasteiger partial charge is 0.270 e. The number of carbonyl (C=O) groups excluding carboxylic acids is 1. The van der Waals surface area contributed by atoms with Gasteiger partial charge in [-0.15, -0.1) is 11.3 Å². The fraction of sp³-hybridized carbons (Fsp3) is 0.0952. The summed E-state index contributed by atoms with van der Waals surface area (Å²) in [6, 6.07) is 21.5. The predicted octanol–water partition coefficient (Wildman–Crippen LogP) is 5.04. The fourth-order valence-corrected chi connectivity index (χ4v) is 3.48. The largest absolute Gasteiger partial charge is 0.333 e. The van der Waals surface area contributed by atoms with Crippen molar-refractivity contribution >= 4 is 22.9 Å². The first-order chi connectivity index (χ1) is 13.3. The van der Waals surface area contributed by atoms with E-state index in [9.17, 15) is 4.79 Å². The minimum Gasteiger partial charge on any atom is -0.333 e. The monoisotopic (exact) mass is 375 g/mol. The van der Waals surface area contributed by atoms with E-state index < -0.39 is 0 Å². The van der Waals surface area contributed by atoms with Crippen LogP contribution in [0.15, 0.2) is 76.6 Å². The van der Waals surface area contributed by atoms with E-state index in [-0.39, 0.29) is 5.91 Å². The van der Waals surface area contributed by atoms with E-state index in [1.54, 1.807) is 0 Å². The van der Waals surface area contributed by atoms with Crippen LogP contribution in [0.4, 0.5) is 5.69 Å². The molecule has 134 valence electrons. The number of anilines is 1. The van der Waals surface area contributed by atoms with Gasteiger partial charge in [0.25, 0.3) is 5.89 Å². The molecule has 2 heterocycles. The highest BCUT2D eigenvalue weighted by Gasteiger charge is 2.17. The van der Waals surface area contributed by atoms with E-state index in [4.69, 9.17) is 4.52 Å². The van der Waals surface area contributed by atoms with E-state index >= 15 is 0 Å². The molecule has 4 rings (SSSR count). The van der Waals surface area contributed by atoms with Gasteiger partial charge in [-0.05, 0) is 23.4 Å². The molecule has 6 heteroatoms. The van der Waals surface area contributed by atoms with E-state index in [0.29, 0.717) is 30.2 Å². The Morgan fingerprint density at radius 2 is 1.74 bits per heavy atom. The second-order valence-corrected chi connectivity index (χ2v) is 6.90. The van der Waals surface area contributed by atoms with Gasteiger partial charge in [0.15, 0.2) is 0 Å². The van der Waals surface area contributed by atoms with Crippen LogP contribution in [-0.2, 0) is 11.2 Å². The molecule has 0 aliphatic carbocycles. The molecule has 1 N–H and O–H groups in total. The number of hydrogen-bond donors (Lipinski definition) is 1. The van der Waals surface area contributed by atoms with Crippen molar-refractivity contribution in [3.63, 3.8) is 0 Å². The SMILES string of the molecule is O=C(CCc1ccccc1)Nc1ccsc1-c1nc(-c2ccccc2)no1. The molecule has 0 spiro atoms. The van der Waals surface area contributed by atoms with Crippen LogP contribution in [0.2, 0.25) is 0 Å². The third kappa shape index (κ3) is 4.12. The van der Waals surface area contributed by atoms with Gasteiger partial charge in [-0.3, -0.25) is 4.79 Å². The van der Waals surface area contributed by atoms with Gasteiger partial charge in [0.1, 0.15) is 4.88 Å². The van der Waals surface area contributed by atoms with Crippen LogP contribution in [-0.4, -0.2) is 16.0 Å². The normalized spacial score (nSPS) is 10.7. The van der Waals surface area contributed by atoms with Gasteiger partial charge < -0.3 is 9.84 Å². The summed E-state index contributed by atoms with van der Waals surface area (Å²) in [6.07, 6.45) is 1.11. The van der Waals surface area contributed by atoms with Crippen LogP contribution < -0.4 is 5.32 Å². The topological polar surface area (TPSA) is 68.0 Å².